The molecule has 1 aliphatic rings. The number of amides is 1. The number of pyridine rings is 1. The van der Waals surface area contributed by atoms with Gasteiger partial charge in [-0.15, -0.1) is 0 Å². The van der Waals surface area contributed by atoms with Gasteiger partial charge in [0.25, 0.3) is 0 Å². The summed E-state index contributed by atoms with van der Waals surface area (Å²) < 4.78 is 5.36. The Hall–Kier alpha value is -3.28. The van der Waals surface area contributed by atoms with Crippen LogP contribution in [0.2, 0.25) is 0 Å². The molecule has 0 N–H and O–H groups in total. The van der Waals surface area contributed by atoms with Crippen LogP contribution >= 0.6 is 0 Å². The molecule has 29 heavy (non-hydrogen) atoms. The minimum atomic E-state index is 0.111. The molecule has 1 amide bonds. The molecule has 1 fully saturated rings. The molecule has 0 unspecified atom stereocenters. The van der Waals surface area contributed by atoms with Crippen LogP contribution in [0.1, 0.15) is 30.1 Å². The minimum absolute atomic E-state index is 0.111. The Morgan fingerprint density at radius 1 is 1.10 bits per heavy atom. The van der Waals surface area contributed by atoms with Gasteiger partial charge in [-0.1, -0.05) is 18.2 Å². The third-order valence-corrected chi connectivity index (χ3v) is 5.29. The summed E-state index contributed by atoms with van der Waals surface area (Å²) in [7, 11) is 1.66. The summed E-state index contributed by atoms with van der Waals surface area (Å²) in [5.41, 5.74) is 3.58. The van der Waals surface area contributed by atoms with Crippen LogP contribution in [0.4, 0.5) is 0 Å². The third kappa shape index (κ3) is 4.42. The van der Waals surface area contributed by atoms with Crippen molar-refractivity contribution in [2.24, 2.45) is 0 Å². The number of benzene rings is 1. The van der Waals surface area contributed by atoms with E-state index in [0.717, 1.165) is 47.8 Å². The Morgan fingerprint density at radius 3 is 2.83 bits per heavy atom. The fourth-order valence-corrected chi connectivity index (χ4v) is 3.84. The highest BCUT2D eigenvalue weighted by atomic mass is 16.5. The number of carbonyl (C=O) groups is 1. The molecule has 0 spiro atoms. The van der Waals surface area contributed by atoms with Crippen molar-refractivity contribution in [3.63, 3.8) is 0 Å². The molecule has 148 valence electrons. The molecule has 1 aromatic carbocycles. The zero-order valence-corrected chi connectivity index (χ0v) is 16.5. The molecule has 2 aromatic heterocycles. The SMILES string of the molecule is COc1cccc(-c2nccnc2[C@H]2CCCN(C(=O)Cc3ccccn3)C2)c1. The Balaban J connectivity index is 1.55. The van der Waals surface area contributed by atoms with Gasteiger partial charge < -0.3 is 9.64 Å². The summed E-state index contributed by atoms with van der Waals surface area (Å²) in [6, 6.07) is 13.5. The summed E-state index contributed by atoms with van der Waals surface area (Å²) in [5, 5.41) is 0. The number of ether oxygens (including phenoxy) is 1. The molecular weight excluding hydrogens is 364 g/mol. The molecule has 6 heteroatoms. The average Bonchev–Trinajstić information content (AvgIpc) is 2.80. The second-order valence-corrected chi connectivity index (χ2v) is 7.20. The Kier molecular flexibility index (Phi) is 5.79. The number of rotatable bonds is 5. The van der Waals surface area contributed by atoms with E-state index in [9.17, 15) is 4.79 Å². The van der Waals surface area contributed by atoms with Crippen LogP contribution < -0.4 is 4.74 Å². The first-order valence-electron chi connectivity index (χ1n) is 9.87. The van der Waals surface area contributed by atoms with Gasteiger partial charge in [0.15, 0.2) is 0 Å². The van der Waals surface area contributed by atoms with Crippen molar-refractivity contribution in [2.45, 2.75) is 25.2 Å². The van der Waals surface area contributed by atoms with Crippen molar-refractivity contribution >= 4 is 5.91 Å². The third-order valence-electron chi connectivity index (χ3n) is 5.29. The predicted molar refractivity (Wildman–Crippen MR) is 111 cm³/mol. The van der Waals surface area contributed by atoms with Crippen LogP contribution in [-0.2, 0) is 11.2 Å². The van der Waals surface area contributed by atoms with E-state index in [2.05, 4.69) is 15.0 Å². The number of piperidine rings is 1. The maximum absolute atomic E-state index is 12.8. The van der Waals surface area contributed by atoms with E-state index < -0.39 is 0 Å². The van der Waals surface area contributed by atoms with Gasteiger partial charge in [0.05, 0.1) is 24.9 Å². The summed E-state index contributed by atoms with van der Waals surface area (Å²) >= 11 is 0. The van der Waals surface area contributed by atoms with E-state index in [1.807, 2.05) is 47.4 Å². The van der Waals surface area contributed by atoms with Crippen molar-refractivity contribution < 1.29 is 9.53 Å². The fraction of sp³-hybridized carbons (Fsp3) is 0.304. The Labute approximate surface area is 170 Å². The van der Waals surface area contributed by atoms with Gasteiger partial charge in [0.2, 0.25) is 5.91 Å². The molecule has 3 aromatic rings. The van der Waals surface area contributed by atoms with E-state index in [1.54, 1.807) is 25.7 Å². The van der Waals surface area contributed by atoms with Gasteiger partial charge in [0.1, 0.15) is 5.75 Å². The molecule has 0 radical (unpaired) electrons. The van der Waals surface area contributed by atoms with Gasteiger partial charge in [-0.25, -0.2) is 0 Å². The van der Waals surface area contributed by atoms with Crippen LogP contribution in [0.3, 0.4) is 0 Å². The summed E-state index contributed by atoms with van der Waals surface area (Å²) in [4.78, 5) is 28.3. The first-order chi connectivity index (χ1) is 14.2. The summed E-state index contributed by atoms with van der Waals surface area (Å²) in [6.45, 7) is 1.43. The van der Waals surface area contributed by atoms with Crippen LogP contribution in [0, 0.1) is 0 Å². The van der Waals surface area contributed by atoms with Crippen molar-refractivity contribution in [3.8, 4) is 17.0 Å². The fourth-order valence-electron chi connectivity index (χ4n) is 3.84. The number of hydrogen-bond donors (Lipinski definition) is 0. The summed E-state index contributed by atoms with van der Waals surface area (Å²) in [5.74, 6) is 1.06. The number of aromatic nitrogens is 3. The van der Waals surface area contributed by atoms with E-state index in [1.165, 1.54) is 0 Å². The zero-order chi connectivity index (χ0) is 20.1. The van der Waals surface area contributed by atoms with Crippen LogP contribution in [-0.4, -0.2) is 46.0 Å². The highest BCUT2D eigenvalue weighted by molar-refractivity contribution is 5.78. The van der Waals surface area contributed by atoms with Crippen LogP contribution in [0.5, 0.6) is 5.75 Å². The number of nitrogens with zero attached hydrogens (tertiary/aromatic N) is 4. The monoisotopic (exact) mass is 388 g/mol. The lowest BCUT2D eigenvalue weighted by molar-refractivity contribution is -0.131. The highest BCUT2D eigenvalue weighted by Crippen LogP contribution is 2.33. The second-order valence-electron chi connectivity index (χ2n) is 7.20. The maximum atomic E-state index is 12.8. The van der Waals surface area contributed by atoms with Gasteiger partial charge in [-0.2, -0.15) is 0 Å². The number of likely N-dealkylation sites (tertiary alicyclic amines) is 1. The molecule has 1 atom stereocenters. The molecule has 3 heterocycles. The van der Waals surface area contributed by atoms with Gasteiger partial charge >= 0.3 is 0 Å². The van der Waals surface area contributed by atoms with Crippen LogP contribution in [0.15, 0.2) is 61.1 Å². The molecule has 1 aliphatic heterocycles. The molecule has 0 bridgehead atoms. The number of carbonyl (C=O) groups excluding carboxylic acids is 1. The number of hydrogen-bond acceptors (Lipinski definition) is 5. The second kappa shape index (κ2) is 8.82. The lowest BCUT2D eigenvalue weighted by atomic mass is 9.91. The standard InChI is InChI=1S/C23H24N4O2/c1-29-20-9-4-6-17(14-20)22-23(26-12-11-25-22)18-7-5-13-27(16-18)21(28)15-19-8-2-3-10-24-19/h2-4,6,8-12,14,18H,5,7,13,15-16H2,1H3/t18-/m0/s1. The first kappa shape index (κ1) is 19.1. The van der Waals surface area contributed by atoms with Crippen LogP contribution in [0.25, 0.3) is 11.3 Å². The van der Waals surface area contributed by atoms with Crippen molar-refractivity contribution in [3.05, 3.63) is 72.4 Å². The largest absolute Gasteiger partial charge is 0.497 e. The molecular formula is C23H24N4O2. The Morgan fingerprint density at radius 2 is 2.00 bits per heavy atom. The summed E-state index contributed by atoms with van der Waals surface area (Å²) in [6.07, 6.45) is 7.44. The first-order valence-corrected chi connectivity index (χ1v) is 9.87. The van der Waals surface area contributed by atoms with E-state index in [-0.39, 0.29) is 11.8 Å². The number of methoxy groups -OCH3 is 1. The normalized spacial score (nSPS) is 16.4. The minimum Gasteiger partial charge on any atom is -0.497 e. The molecule has 1 saturated heterocycles. The lowest BCUT2D eigenvalue weighted by Gasteiger charge is -2.33. The maximum Gasteiger partial charge on any atom is 0.228 e. The average molecular weight is 388 g/mol. The van der Waals surface area contributed by atoms with E-state index >= 15 is 0 Å². The van der Waals surface area contributed by atoms with Gasteiger partial charge in [-0.05, 0) is 37.1 Å². The van der Waals surface area contributed by atoms with Crippen molar-refractivity contribution in [1.29, 1.82) is 0 Å². The van der Waals surface area contributed by atoms with Crippen molar-refractivity contribution in [1.82, 2.24) is 19.9 Å². The smallest absolute Gasteiger partial charge is 0.228 e. The van der Waals surface area contributed by atoms with Gasteiger partial charge in [0, 0.05) is 48.9 Å². The van der Waals surface area contributed by atoms with E-state index in [0.29, 0.717) is 13.0 Å². The Bertz CT molecular complexity index is 977. The molecule has 0 aliphatic carbocycles. The van der Waals surface area contributed by atoms with Crippen molar-refractivity contribution in [2.75, 3.05) is 20.2 Å². The highest BCUT2D eigenvalue weighted by Gasteiger charge is 2.28. The quantitative estimate of drug-likeness (QED) is 0.669. The topological polar surface area (TPSA) is 68.2 Å². The predicted octanol–water partition coefficient (Wildman–Crippen LogP) is 3.50. The van der Waals surface area contributed by atoms with E-state index in [4.69, 9.17) is 4.74 Å². The molecule has 0 saturated carbocycles. The molecule has 4 rings (SSSR count). The van der Waals surface area contributed by atoms with Gasteiger partial charge in [-0.3, -0.25) is 19.7 Å². The molecule has 6 nitrogen and oxygen atoms in total. The zero-order valence-electron chi connectivity index (χ0n) is 16.5. The lowest BCUT2D eigenvalue weighted by Crippen LogP contribution is -2.40.